The molecule has 2 aromatic rings. The van der Waals surface area contributed by atoms with Gasteiger partial charge in [0.25, 0.3) is 5.91 Å². The smallest absolute Gasteiger partial charge is 0.262 e. The molecule has 0 saturated carbocycles. The molecule has 0 radical (unpaired) electrons. The minimum Gasteiger partial charge on any atom is -0.465 e. The van der Waals surface area contributed by atoms with E-state index in [0.29, 0.717) is 12.3 Å². The highest BCUT2D eigenvalue weighted by Crippen LogP contribution is 2.09. The monoisotopic (exact) mass is 258 g/mol. The van der Waals surface area contributed by atoms with Crippen LogP contribution in [0.15, 0.2) is 45.9 Å². The van der Waals surface area contributed by atoms with Crippen LogP contribution in [0.2, 0.25) is 0 Å². The van der Waals surface area contributed by atoms with E-state index in [1.807, 2.05) is 23.6 Å². The fourth-order valence-electron chi connectivity index (χ4n) is 1.34. The Morgan fingerprint density at radius 3 is 3.00 bits per heavy atom. The number of nitriles is 1. The fraction of sp³-hybridized carbons (Fsp3) is 0.0769. The van der Waals surface area contributed by atoms with Crippen molar-refractivity contribution >= 4 is 23.3 Å². The van der Waals surface area contributed by atoms with Gasteiger partial charge in [0.2, 0.25) is 0 Å². The van der Waals surface area contributed by atoms with Crippen molar-refractivity contribution < 1.29 is 9.21 Å². The number of amides is 1. The maximum Gasteiger partial charge on any atom is 0.262 e. The van der Waals surface area contributed by atoms with Gasteiger partial charge in [-0.1, -0.05) is 6.07 Å². The summed E-state index contributed by atoms with van der Waals surface area (Å²) in [6.45, 7) is 0.424. The molecule has 0 aromatic carbocycles. The Hall–Kier alpha value is -2.32. The van der Waals surface area contributed by atoms with E-state index in [4.69, 9.17) is 9.68 Å². The van der Waals surface area contributed by atoms with Crippen LogP contribution in [-0.4, -0.2) is 5.91 Å². The van der Waals surface area contributed by atoms with Crippen LogP contribution in [-0.2, 0) is 11.3 Å². The van der Waals surface area contributed by atoms with Gasteiger partial charge in [0.05, 0.1) is 12.8 Å². The van der Waals surface area contributed by atoms with E-state index < -0.39 is 5.91 Å². The van der Waals surface area contributed by atoms with Gasteiger partial charge in [0.1, 0.15) is 17.4 Å². The highest BCUT2D eigenvalue weighted by atomic mass is 32.1. The SMILES string of the molecule is N#CC(=Cc1ccco1)C(=O)NCc1cccs1. The number of carbonyl (C=O) groups excluding carboxylic acids is 1. The van der Waals surface area contributed by atoms with Crippen molar-refractivity contribution in [1.82, 2.24) is 5.32 Å². The number of hydrogen-bond acceptors (Lipinski definition) is 4. The Balaban J connectivity index is 2.00. The van der Waals surface area contributed by atoms with E-state index >= 15 is 0 Å². The van der Waals surface area contributed by atoms with Gasteiger partial charge < -0.3 is 9.73 Å². The molecule has 0 aliphatic rings. The molecule has 18 heavy (non-hydrogen) atoms. The van der Waals surface area contributed by atoms with Crippen molar-refractivity contribution in [2.45, 2.75) is 6.54 Å². The largest absolute Gasteiger partial charge is 0.465 e. The molecule has 2 heterocycles. The van der Waals surface area contributed by atoms with E-state index in [1.54, 1.807) is 23.5 Å². The molecule has 0 bridgehead atoms. The summed E-state index contributed by atoms with van der Waals surface area (Å²) < 4.78 is 5.06. The predicted molar refractivity (Wildman–Crippen MR) is 68.5 cm³/mol. The van der Waals surface area contributed by atoms with Gasteiger partial charge in [-0.15, -0.1) is 11.3 Å². The van der Waals surface area contributed by atoms with Crippen LogP contribution in [0.3, 0.4) is 0 Å². The quantitative estimate of drug-likeness (QED) is 0.677. The average Bonchev–Trinajstić information content (AvgIpc) is 3.06. The topological polar surface area (TPSA) is 66.0 Å². The van der Waals surface area contributed by atoms with Gasteiger partial charge in [0, 0.05) is 11.0 Å². The predicted octanol–water partition coefficient (Wildman–Crippen LogP) is 2.56. The first kappa shape index (κ1) is 12.1. The van der Waals surface area contributed by atoms with Crippen molar-refractivity contribution in [3.05, 3.63) is 52.1 Å². The lowest BCUT2D eigenvalue weighted by molar-refractivity contribution is -0.117. The molecular weight excluding hydrogens is 248 g/mol. The Morgan fingerprint density at radius 1 is 1.50 bits per heavy atom. The summed E-state index contributed by atoms with van der Waals surface area (Å²) in [7, 11) is 0. The highest BCUT2D eigenvalue weighted by Gasteiger charge is 2.09. The van der Waals surface area contributed by atoms with Crippen LogP contribution in [0, 0.1) is 11.3 Å². The van der Waals surface area contributed by atoms with Crippen LogP contribution in [0.5, 0.6) is 0 Å². The Kier molecular flexibility index (Phi) is 3.94. The molecule has 0 saturated heterocycles. The van der Waals surface area contributed by atoms with Gasteiger partial charge >= 0.3 is 0 Å². The van der Waals surface area contributed by atoms with Crippen molar-refractivity contribution in [2.75, 3.05) is 0 Å². The number of nitrogens with one attached hydrogen (secondary N) is 1. The zero-order valence-electron chi connectivity index (χ0n) is 9.42. The normalized spacial score (nSPS) is 10.9. The molecule has 1 N–H and O–H groups in total. The van der Waals surface area contributed by atoms with Crippen LogP contribution < -0.4 is 5.32 Å². The Bertz CT molecular complexity index is 577. The van der Waals surface area contributed by atoms with Crippen molar-refractivity contribution in [3.63, 3.8) is 0 Å². The summed E-state index contributed by atoms with van der Waals surface area (Å²) in [6.07, 6.45) is 2.91. The lowest BCUT2D eigenvalue weighted by Crippen LogP contribution is -2.23. The summed E-state index contributed by atoms with van der Waals surface area (Å²) >= 11 is 1.55. The second-order valence-electron chi connectivity index (χ2n) is 3.45. The molecule has 90 valence electrons. The number of carbonyl (C=O) groups is 1. The first-order chi connectivity index (χ1) is 8.79. The zero-order valence-corrected chi connectivity index (χ0v) is 10.2. The fourth-order valence-corrected chi connectivity index (χ4v) is 1.98. The summed E-state index contributed by atoms with van der Waals surface area (Å²) in [5, 5.41) is 13.6. The average molecular weight is 258 g/mol. The third kappa shape index (κ3) is 3.09. The molecule has 1 amide bonds. The first-order valence-corrected chi connectivity index (χ1v) is 6.13. The maximum absolute atomic E-state index is 11.8. The van der Waals surface area contributed by atoms with E-state index in [-0.39, 0.29) is 5.57 Å². The number of hydrogen-bond donors (Lipinski definition) is 1. The second-order valence-corrected chi connectivity index (χ2v) is 4.48. The van der Waals surface area contributed by atoms with Gasteiger partial charge in [-0.2, -0.15) is 5.26 Å². The van der Waals surface area contributed by atoms with Gasteiger partial charge in [-0.25, -0.2) is 0 Å². The maximum atomic E-state index is 11.8. The molecule has 5 heteroatoms. The number of thiophene rings is 1. The number of furan rings is 1. The molecule has 2 rings (SSSR count). The third-order valence-corrected chi connectivity index (χ3v) is 3.07. The molecule has 0 atom stereocenters. The lowest BCUT2D eigenvalue weighted by atomic mass is 10.2. The summed E-state index contributed by atoms with van der Waals surface area (Å²) in [6, 6.07) is 9.08. The first-order valence-electron chi connectivity index (χ1n) is 5.25. The van der Waals surface area contributed by atoms with Crippen LogP contribution in [0.25, 0.3) is 6.08 Å². The van der Waals surface area contributed by atoms with Crippen molar-refractivity contribution in [2.24, 2.45) is 0 Å². The van der Waals surface area contributed by atoms with Crippen LogP contribution in [0.1, 0.15) is 10.6 Å². The highest BCUT2D eigenvalue weighted by molar-refractivity contribution is 7.09. The minimum absolute atomic E-state index is 0.0292. The molecular formula is C13H10N2O2S. The molecule has 0 fully saturated rings. The summed E-state index contributed by atoms with van der Waals surface area (Å²) in [5.41, 5.74) is 0.0292. The molecule has 2 aromatic heterocycles. The standard InChI is InChI=1S/C13H10N2O2S/c14-8-10(7-11-3-1-5-17-11)13(16)15-9-12-4-2-6-18-12/h1-7H,9H2,(H,15,16). The number of nitrogens with zero attached hydrogens (tertiary/aromatic N) is 1. The van der Waals surface area contributed by atoms with E-state index in [1.165, 1.54) is 12.3 Å². The van der Waals surface area contributed by atoms with E-state index in [0.717, 1.165) is 4.88 Å². The van der Waals surface area contributed by atoms with Crippen LogP contribution in [0.4, 0.5) is 0 Å². The molecule has 4 nitrogen and oxygen atoms in total. The molecule has 0 aliphatic heterocycles. The second kappa shape index (κ2) is 5.84. The Morgan fingerprint density at radius 2 is 2.39 bits per heavy atom. The van der Waals surface area contributed by atoms with Gasteiger partial charge in [-0.3, -0.25) is 4.79 Å². The van der Waals surface area contributed by atoms with Crippen molar-refractivity contribution in [3.8, 4) is 6.07 Å². The van der Waals surface area contributed by atoms with Crippen molar-refractivity contribution in [1.29, 1.82) is 5.26 Å². The Labute approximate surface area is 108 Å². The van der Waals surface area contributed by atoms with Gasteiger partial charge in [-0.05, 0) is 23.6 Å². The number of rotatable bonds is 4. The van der Waals surface area contributed by atoms with Gasteiger partial charge in [0.15, 0.2) is 0 Å². The van der Waals surface area contributed by atoms with E-state index in [2.05, 4.69) is 5.32 Å². The molecule has 0 unspecified atom stereocenters. The van der Waals surface area contributed by atoms with Crippen LogP contribution >= 0.6 is 11.3 Å². The third-order valence-electron chi connectivity index (χ3n) is 2.20. The summed E-state index contributed by atoms with van der Waals surface area (Å²) in [4.78, 5) is 12.8. The summed E-state index contributed by atoms with van der Waals surface area (Å²) in [5.74, 6) is 0.0834. The minimum atomic E-state index is -0.401. The lowest BCUT2D eigenvalue weighted by Gasteiger charge is -2.01. The van der Waals surface area contributed by atoms with E-state index in [9.17, 15) is 4.79 Å². The molecule has 0 aliphatic carbocycles. The zero-order chi connectivity index (χ0) is 12.8. The molecule has 0 spiro atoms.